The molecule has 0 saturated heterocycles. The zero-order chi connectivity index (χ0) is 15.4. The summed E-state index contributed by atoms with van der Waals surface area (Å²) in [5, 5.41) is 12.0. The van der Waals surface area contributed by atoms with Gasteiger partial charge >= 0.3 is 12.0 Å². The maximum absolute atomic E-state index is 12.1. The third-order valence-corrected chi connectivity index (χ3v) is 4.05. The molecule has 21 heavy (non-hydrogen) atoms. The van der Waals surface area contributed by atoms with E-state index < -0.39 is 5.97 Å². The lowest BCUT2D eigenvalue weighted by molar-refractivity contribution is 0.0696. The van der Waals surface area contributed by atoms with Crippen LogP contribution < -0.4 is 5.32 Å². The molecule has 2 N–H and O–H groups in total. The van der Waals surface area contributed by atoms with Crippen molar-refractivity contribution < 1.29 is 14.7 Å². The Labute approximate surface area is 125 Å². The van der Waals surface area contributed by atoms with Crippen molar-refractivity contribution in [2.24, 2.45) is 5.92 Å². The number of benzene rings is 1. The van der Waals surface area contributed by atoms with Gasteiger partial charge in [-0.3, -0.25) is 0 Å². The molecule has 5 heteroatoms. The fourth-order valence-corrected chi connectivity index (χ4v) is 2.38. The number of rotatable bonds is 4. The molecule has 2 rings (SSSR count). The van der Waals surface area contributed by atoms with Gasteiger partial charge in [0.2, 0.25) is 0 Å². The molecule has 0 bridgehead atoms. The van der Waals surface area contributed by atoms with Crippen molar-refractivity contribution in [2.75, 3.05) is 13.1 Å². The molecule has 1 atom stereocenters. The number of urea groups is 1. The molecule has 0 spiro atoms. The Balaban J connectivity index is 2.02. The maximum atomic E-state index is 12.1. The number of amides is 2. The fraction of sp³-hybridized carbons (Fsp3) is 0.500. The van der Waals surface area contributed by atoms with Crippen LogP contribution in [0.3, 0.4) is 0 Å². The van der Waals surface area contributed by atoms with Crippen molar-refractivity contribution in [1.82, 2.24) is 10.2 Å². The van der Waals surface area contributed by atoms with E-state index in [1.54, 1.807) is 17.0 Å². The van der Waals surface area contributed by atoms with Crippen LogP contribution in [0.5, 0.6) is 0 Å². The molecule has 1 heterocycles. The van der Waals surface area contributed by atoms with Gasteiger partial charge in [0.1, 0.15) is 0 Å². The summed E-state index contributed by atoms with van der Waals surface area (Å²) in [6.07, 6.45) is 1.80. The van der Waals surface area contributed by atoms with Crippen molar-refractivity contribution >= 4 is 12.0 Å². The summed E-state index contributed by atoms with van der Waals surface area (Å²) in [4.78, 5) is 24.9. The first-order valence-corrected chi connectivity index (χ1v) is 7.39. The first kappa shape index (κ1) is 15.4. The van der Waals surface area contributed by atoms with E-state index in [-0.39, 0.29) is 11.6 Å². The van der Waals surface area contributed by atoms with Gasteiger partial charge < -0.3 is 15.3 Å². The average molecular weight is 290 g/mol. The molecular formula is C16H22N2O3. The molecule has 114 valence electrons. The van der Waals surface area contributed by atoms with Crippen LogP contribution in [0.25, 0.3) is 0 Å². The summed E-state index contributed by atoms with van der Waals surface area (Å²) in [7, 11) is 0. The van der Waals surface area contributed by atoms with Crippen LogP contribution in [0, 0.1) is 5.92 Å². The molecule has 0 radical (unpaired) electrons. The molecule has 2 amide bonds. The van der Waals surface area contributed by atoms with E-state index in [9.17, 15) is 9.59 Å². The van der Waals surface area contributed by atoms with Crippen molar-refractivity contribution in [2.45, 2.75) is 33.2 Å². The number of nitrogens with zero attached hydrogens (tertiary/aromatic N) is 1. The summed E-state index contributed by atoms with van der Waals surface area (Å²) in [5.74, 6) is -0.471. The van der Waals surface area contributed by atoms with Crippen molar-refractivity contribution in [3.63, 3.8) is 0 Å². The number of nitrogens with one attached hydrogen (secondary N) is 1. The van der Waals surface area contributed by atoms with Crippen LogP contribution >= 0.6 is 0 Å². The van der Waals surface area contributed by atoms with Crippen LogP contribution in [0.15, 0.2) is 18.2 Å². The summed E-state index contributed by atoms with van der Waals surface area (Å²) >= 11 is 0. The highest BCUT2D eigenvalue weighted by Crippen LogP contribution is 2.20. The number of hydrogen-bond acceptors (Lipinski definition) is 2. The Hall–Kier alpha value is -2.04. The minimum Gasteiger partial charge on any atom is -0.478 e. The predicted octanol–water partition coefficient (Wildman–Crippen LogP) is 2.50. The number of aromatic carboxylic acids is 1. The molecule has 0 saturated carbocycles. The molecule has 1 aromatic carbocycles. The first-order valence-electron chi connectivity index (χ1n) is 7.39. The second-order valence-electron chi connectivity index (χ2n) is 5.66. The lowest BCUT2D eigenvalue weighted by atomic mass is 9.97. The normalized spacial score (nSPS) is 15.2. The van der Waals surface area contributed by atoms with Gasteiger partial charge in [-0.2, -0.15) is 0 Å². The first-order chi connectivity index (χ1) is 10.0. The van der Waals surface area contributed by atoms with Gasteiger partial charge in [0.15, 0.2) is 0 Å². The Bertz CT molecular complexity index is 542. The van der Waals surface area contributed by atoms with Crippen molar-refractivity contribution in [1.29, 1.82) is 0 Å². The van der Waals surface area contributed by atoms with E-state index in [4.69, 9.17) is 5.11 Å². The number of carboxylic acids is 1. The summed E-state index contributed by atoms with van der Waals surface area (Å²) in [6, 6.07) is 5.08. The summed E-state index contributed by atoms with van der Waals surface area (Å²) in [6.45, 7) is 6.02. The minimum atomic E-state index is -0.934. The van der Waals surface area contributed by atoms with E-state index in [0.717, 1.165) is 24.0 Å². The van der Waals surface area contributed by atoms with Gasteiger partial charge in [0, 0.05) is 19.6 Å². The highest BCUT2D eigenvalue weighted by Gasteiger charge is 2.21. The quantitative estimate of drug-likeness (QED) is 0.895. The predicted molar refractivity (Wildman–Crippen MR) is 80.4 cm³/mol. The van der Waals surface area contributed by atoms with E-state index in [1.807, 2.05) is 6.07 Å². The third kappa shape index (κ3) is 3.74. The molecule has 0 fully saturated rings. The van der Waals surface area contributed by atoms with Crippen molar-refractivity contribution in [3.05, 3.63) is 34.9 Å². The molecule has 5 nitrogen and oxygen atoms in total. The molecule has 1 aliphatic rings. The lowest BCUT2D eigenvalue weighted by Gasteiger charge is -2.29. The molecule has 1 unspecified atom stereocenters. The van der Waals surface area contributed by atoms with E-state index in [1.165, 1.54) is 0 Å². The highest BCUT2D eigenvalue weighted by molar-refractivity contribution is 5.88. The number of fused-ring (bicyclic) bond motifs is 1. The standard InChI is InChI=1S/C16H22N2O3/c1-3-11(2)9-17-16(21)18-7-6-12-4-5-13(15(19)20)8-14(12)10-18/h4-5,8,11H,3,6-7,9-10H2,1-2H3,(H,17,21)(H,19,20). The molecular weight excluding hydrogens is 268 g/mol. The largest absolute Gasteiger partial charge is 0.478 e. The molecule has 0 aliphatic carbocycles. The molecule has 1 aliphatic heterocycles. The van der Waals surface area contributed by atoms with Crippen LogP contribution in [-0.4, -0.2) is 35.1 Å². The summed E-state index contributed by atoms with van der Waals surface area (Å²) in [5.41, 5.74) is 2.33. The smallest absolute Gasteiger partial charge is 0.335 e. The number of carboxylic acid groups (broad SMARTS) is 1. The van der Waals surface area contributed by atoms with Crippen LogP contribution in [0.1, 0.15) is 41.8 Å². The SMILES string of the molecule is CCC(C)CNC(=O)N1CCc2ccc(C(=O)O)cc2C1. The zero-order valence-corrected chi connectivity index (χ0v) is 12.6. The number of hydrogen-bond donors (Lipinski definition) is 2. The van der Waals surface area contributed by atoms with Crippen molar-refractivity contribution in [3.8, 4) is 0 Å². The highest BCUT2D eigenvalue weighted by atomic mass is 16.4. The zero-order valence-electron chi connectivity index (χ0n) is 12.6. The van der Waals surface area contributed by atoms with Gasteiger partial charge in [-0.25, -0.2) is 9.59 Å². The van der Waals surface area contributed by atoms with E-state index in [2.05, 4.69) is 19.2 Å². The Kier molecular flexibility index (Phi) is 4.83. The molecule has 0 aromatic heterocycles. The maximum Gasteiger partial charge on any atom is 0.335 e. The minimum absolute atomic E-state index is 0.0679. The number of carbonyl (C=O) groups is 2. The van der Waals surface area contributed by atoms with Gasteiger partial charge in [0.05, 0.1) is 5.56 Å². The Morgan fingerprint density at radius 1 is 1.38 bits per heavy atom. The number of carbonyl (C=O) groups excluding carboxylic acids is 1. The van der Waals surface area contributed by atoms with Gasteiger partial charge in [-0.15, -0.1) is 0 Å². The lowest BCUT2D eigenvalue weighted by Crippen LogP contribution is -2.44. The average Bonchev–Trinajstić information content (AvgIpc) is 2.50. The van der Waals surface area contributed by atoms with Crippen LogP contribution in [0.2, 0.25) is 0 Å². The van der Waals surface area contributed by atoms with Crippen LogP contribution in [-0.2, 0) is 13.0 Å². The Morgan fingerprint density at radius 3 is 2.81 bits per heavy atom. The summed E-state index contributed by atoms with van der Waals surface area (Å²) < 4.78 is 0. The van der Waals surface area contributed by atoms with E-state index >= 15 is 0 Å². The second kappa shape index (κ2) is 6.61. The molecule has 1 aromatic rings. The Morgan fingerprint density at radius 2 is 2.14 bits per heavy atom. The topological polar surface area (TPSA) is 69.6 Å². The fourth-order valence-electron chi connectivity index (χ4n) is 2.38. The van der Waals surface area contributed by atoms with Gasteiger partial charge in [-0.1, -0.05) is 26.3 Å². The van der Waals surface area contributed by atoms with Crippen LogP contribution in [0.4, 0.5) is 4.79 Å². The van der Waals surface area contributed by atoms with E-state index in [0.29, 0.717) is 25.6 Å². The second-order valence-corrected chi connectivity index (χ2v) is 5.66. The third-order valence-electron chi connectivity index (χ3n) is 4.05. The monoisotopic (exact) mass is 290 g/mol. The van der Waals surface area contributed by atoms with Gasteiger partial charge in [0.25, 0.3) is 0 Å². The van der Waals surface area contributed by atoms with Gasteiger partial charge in [-0.05, 0) is 35.6 Å².